The summed E-state index contributed by atoms with van der Waals surface area (Å²) in [4.78, 5) is 7.07. The number of anilines is 1. The molecule has 2 rings (SSSR count). The van der Waals surface area contributed by atoms with Crippen LogP contribution in [0.25, 0.3) is 0 Å². The molecule has 1 fully saturated rings. The molecule has 0 aliphatic carbocycles. The molecular formula is C17H30N4. The van der Waals surface area contributed by atoms with E-state index in [-0.39, 0.29) is 0 Å². The average molecular weight is 290 g/mol. The van der Waals surface area contributed by atoms with E-state index in [0.717, 1.165) is 13.1 Å². The van der Waals surface area contributed by atoms with Crippen LogP contribution in [0.5, 0.6) is 0 Å². The number of likely N-dealkylation sites (N-methyl/N-ethyl adjacent to an activating group) is 1. The van der Waals surface area contributed by atoms with Crippen LogP contribution in [-0.4, -0.2) is 63.7 Å². The topological polar surface area (TPSA) is 35.7 Å². The van der Waals surface area contributed by atoms with Gasteiger partial charge in [0, 0.05) is 45.5 Å². The molecule has 4 heteroatoms. The molecule has 0 bridgehead atoms. The van der Waals surface area contributed by atoms with Crippen LogP contribution < -0.4 is 10.6 Å². The number of benzene rings is 1. The monoisotopic (exact) mass is 290 g/mol. The van der Waals surface area contributed by atoms with Gasteiger partial charge in [-0.3, -0.25) is 4.90 Å². The number of rotatable bonds is 7. The van der Waals surface area contributed by atoms with E-state index in [1.54, 1.807) is 0 Å². The molecule has 0 spiro atoms. The van der Waals surface area contributed by atoms with Crippen LogP contribution in [0.3, 0.4) is 0 Å². The Bertz CT molecular complexity index is 409. The Morgan fingerprint density at radius 3 is 2.24 bits per heavy atom. The van der Waals surface area contributed by atoms with E-state index in [9.17, 15) is 0 Å². The van der Waals surface area contributed by atoms with Crippen molar-refractivity contribution in [3.05, 3.63) is 29.8 Å². The smallest absolute Gasteiger partial charge is 0.0467 e. The Hall–Kier alpha value is -1.10. The van der Waals surface area contributed by atoms with Gasteiger partial charge in [-0.2, -0.15) is 0 Å². The standard InChI is InChI=1S/C17H30N4/c1-19(2)16-8-6-15(7-9-16)17(14-18)20(3)12-13-21-10-4-5-11-21/h6-9,17H,4-5,10-14,18H2,1-3H3. The van der Waals surface area contributed by atoms with Gasteiger partial charge in [-0.25, -0.2) is 0 Å². The molecule has 1 aliphatic rings. The van der Waals surface area contributed by atoms with Crippen molar-refractivity contribution in [3.8, 4) is 0 Å². The second kappa shape index (κ2) is 7.78. The molecule has 0 saturated carbocycles. The van der Waals surface area contributed by atoms with Crippen molar-refractivity contribution in [3.63, 3.8) is 0 Å². The summed E-state index contributed by atoms with van der Waals surface area (Å²) in [6, 6.07) is 9.07. The Morgan fingerprint density at radius 2 is 1.71 bits per heavy atom. The van der Waals surface area contributed by atoms with Gasteiger partial charge < -0.3 is 15.5 Å². The summed E-state index contributed by atoms with van der Waals surface area (Å²) in [6.07, 6.45) is 2.71. The molecule has 0 radical (unpaired) electrons. The van der Waals surface area contributed by atoms with Crippen LogP contribution in [0, 0.1) is 0 Å². The minimum atomic E-state index is 0.309. The lowest BCUT2D eigenvalue weighted by atomic mass is 10.1. The molecule has 0 aromatic heterocycles. The van der Waals surface area contributed by atoms with Gasteiger partial charge in [0.1, 0.15) is 0 Å². The quantitative estimate of drug-likeness (QED) is 0.830. The number of likely N-dealkylation sites (tertiary alicyclic amines) is 1. The van der Waals surface area contributed by atoms with Gasteiger partial charge in [0.2, 0.25) is 0 Å². The van der Waals surface area contributed by atoms with Crippen molar-refractivity contribution < 1.29 is 0 Å². The van der Waals surface area contributed by atoms with Gasteiger partial charge >= 0.3 is 0 Å². The zero-order valence-electron chi connectivity index (χ0n) is 13.8. The molecular weight excluding hydrogens is 260 g/mol. The maximum atomic E-state index is 6.02. The van der Waals surface area contributed by atoms with Crippen molar-refractivity contribution in [2.45, 2.75) is 18.9 Å². The lowest BCUT2D eigenvalue weighted by Gasteiger charge is -2.29. The Kier molecular flexibility index (Phi) is 6.03. The largest absolute Gasteiger partial charge is 0.378 e. The number of hydrogen-bond acceptors (Lipinski definition) is 4. The van der Waals surface area contributed by atoms with Crippen LogP contribution in [0.1, 0.15) is 24.4 Å². The fourth-order valence-corrected chi connectivity index (χ4v) is 3.03. The Morgan fingerprint density at radius 1 is 1.10 bits per heavy atom. The summed E-state index contributed by atoms with van der Waals surface area (Å²) in [5, 5.41) is 0. The molecule has 1 atom stereocenters. The zero-order chi connectivity index (χ0) is 15.2. The zero-order valence-corrected chi connectivity index (χ0v) is 13.8. The highest BCUT2D eigenvalue weighted by molar-refractivity contribution is 5.46. The summed E-state index contributed by atoms with van der Waals surface area (Å²) in [5.41, 5.74) is 8.56. The fraction of sp³-hybridized carbons (Fsp3) is 0.647. The first-order chi connectivity index (χ1) is 10.1. The van der Waals surface area contributed by atoms with Crippen molar-refractivity contribution in [2.24, 2.45) is 5.73 Å². The van der Waals surface area contributed by atoms with Gasteiger partial charge in [-0.1, -0.05) is 12.1 Å². The summed E-state index contributed by atoms with van der Waals surface area (Å²) >= 11 is 0. The molecule has 1 aromatic rings. The van der Waals surface area contributed by atoms with E-state index in [2.05, 4.69) is 60.1 Å². The fourth-order valence-electron chi connectivity index (χ4n) is 3.03. The van der Waals surface area contributed by atoms with Crippen LogP contribution in [0.15, 0.2) is 24.3 Å². The molecule has 1 aliphatic heterocycles. The minimum absolute atomic E-state index is 0.309. The number of hydrogen-bond donors (Lipinski definition) is 1. The van der Waals surface area contributed by atoms with Crippen LogP contribution >= 0.6 is 0 Å². The van der Waals surface area contributed by atoms with Gasteiger partial charge in [0.15, 0.2) is 0 Å². The molecule has 4 nitrogen and oxygen atoms in total. The van der Waals surface area contributed by atoms with Crippen LogP contribution in [-0.2, 0) is 0 Å². The van der Waals surface area contributed by atoms with E-state index in [4.69, 9.17) is 5.73 Å². The lowest BCUT2D eigenvalue weighted by molar-refractivity contribution is 0.209. The predicted octanol–water partition coefficient (Wildman–Crippen LogP) is 1.78. The van der Waals surface area contributed by atoms with E-state index < -0.39 is 0 Å². The molecule has 21 heavy (non-hydrogen) atoms. The first-order valence-electron chi connectivity index (χ1n) is 8.01. The van der Waals surface area contributed by atoms with Crippen LogP contribution in [0.2, 0.25) is 0 Å². The average Bonchev–Trinajstić information content (AvgIpc) is 3.00. The maximum Gasteiger partial charge on any atom is 0.0467 e. The first kappa shape index (κ1) is 16.3. The SMILES string of the molecule is CN(C)c1ccc(C(CN)N(C)CCN2CCCC2)cc1. The molecule has 0 amide bonds. The normalized spacial score (nSPS) is 17.4. The minimum Gasteiger partial charge on any atom is -0.378 e. The molecule has 1 saturated heterocycles. The van der Waals surface area contributed by atoms with E-state index >= 15 is 0 Å². The number of nitrogens with two attached hydrogens (primary N) is 1. The summed E-state index contributed by atoms with van der Waals surface area (Å²) in [5.74, 6) is 0. The highest BCUT2D eigenvalue weighted by Crippen LogP contribution is 2.21. The molecule has 1 aromatic carbocycles. The van der Waals surface area contributed by atoms with Gasteiger partial charge in [0.05, 0.1) is 0 Å². The molecule has 2 N–H and O–H groups in total. The summed E-state index contributed by atoms with van der Waals surface area (Å²) in [7, 11) is 6.32. The summed E-state index contributed by atoms with van der Waals surface area (Å²) < 4.78 is 0. The lowest BCUT2D eigenvalue weighted by Crippen LogP contribution is -2.36. The molecule has 1 unspecified atom stereocenters. The second-order valence-electron chi connectivity index (χ2n) is 6.27. The molecule has 1 heterocycles. The highest BCUT2D eigenvalue weighted by atomic mass is 15.2. The van der Waals surface area contributed by atoms with Crippen molar-refractivity contribution >= 4 is 5.69 Å². The first-order valence-corrected chi connectivity index (χ1v) is 8.01. The Balaban J connectivity index is 1.93. The van der Waals surface area contributed by atoms with Crippen molar-refractivity contribution in [1.29, 1.82) is 0 Å². The third-order valence-electron chi connectivity index (χ3n) is 4.52. The van der Waals surface area contributed by atoms with Gasteiger partial charge in [0.25, 0.3) is 0 Å². The van der Waals surface area contributed by atoms with Gasteiger partial charge in [-0.15, -0.1) is 0 Å². The predicted molar refractivity (Wildman–Crippen MR) is 90.9 cm³/mol. The highest BCUT2D eigenvalue weighted by Gasteiger charge is 2.17. The van der Waals surface area contributed by atoms with Crippen molar-refractivity contribution in [2.75, 3.05) is 58.8 Å². The second-order valence-corrected chi connectivity index (χ2v) is 6.27. The van der Waals surface area contributed by atoms with E-state index in [1.807, 2.05) is 0 Å². The van der Waals surface area contributed by atoms with Crippen LogP contribution in [0.4, 0.5) is 5.69 Å². The molecule has 118 valence electrons. The third kappa shape index (κ3) is 4.43. The Labute approximate surface area is 129 Å². The van der Waals surface area contributed by atoms with E-state index in [0.29, 0.717) is 12.6 Å². The maximum absolute atomic E-state index is 6.02. The van der Waals surface area contributed by atoms with Gasteiger partial charge in [-0.05, 0) is 50.7 Å². The van der Waals surface area contributed by atoms with E-state index in [1.165, 1.54) is 37.2 Å². The third-order valence-corrected chi connectivity index (χ3v) is 4.52. The number of nitrogens with zero attached hydrogens (tertiary/aromatic N) is 3. The summed E-state index contributed by atoms with van der Waals surface area (Å²) in [6.45, 7) is 5.43. The van der Waals surface area contributed by atoms with Crippen molar-refractivity contribution in [1.82, 2.24) is 9.80 Å².